The molecular formula is C22H14Br2. The molecule has 0 unspecified atom stereocenters. The van der Waals surface area contributed by atoms with Crippen LogP contribution in [0.2, 0.25) is 0 Å². The van der Waals surface area contributed by atoms with Crippen LogP contribution in [0.1, 0.15) is 50.8 Å². The van der Waals surface area contributed by atoms with Crippen molar-refractivity contribution in [1.29, 1.82) is 0 Å². The zero-order valence-electron chi connectivity index (χ0n) is 12.8. The third-order valence-corrected chi connectivity index (χ3v) is 5.70. The molecule has 0 aliphatic heterocycles. The second-order valence-electron chi connectivity index (χ2n) is 6.45. The van der Waals surface area contributed by atoms with Gasteiger partial charge in [-0.05, 0) is 76.9 Å². The van der Waals surface area contributed by atoms with Crippen molar-refractivity contribution < 1.29 is 0 Å². The molecule has 0 saturated carbocycles. The van der Waals surface area contributed by atoms with Gasteiger partial charge in [0.1, 0.15) is 0 Å². The largest absolute Gasteiger partial charge is 0.0619 e. The molecule has 3 aliphatic carbocycles. The Kier molecular flexibility index (Phi) is 3.33. The summed E-state index contributed by atoms with van der Waals surface area (Å²) in [5, 5.41) is 0. The highest BCUT2D eigenvalue weighted by atomic mass is 79.9. The van der Waals surface area contributed by atoms with E-state index in [2.05, 4.69) is 105 Å². The first kappa shape index (κ1) is 14.7. The molecule has 0 nitrogen and oxygen atoms in total. The van der Waals surface area contributed by atoms with Gasteiger partial charge in [0.25, 0.3) is 0 Å². The van der Waals surface area contributed by atoms with Crippen LogP contribution >= 0.6 is 31.9 Å². The van der Waals surface area contributed by atoms with Gasteiger partial charge in [-0.3, -0.25) is 0 Å². The van der Waals surface area contributed by atoms with Crippen LogP contribution < -0.4 is 0 Å². The SMILES string of the molecule is BrC(Br)=Cc1ccc2c(c1)C1c3ccccc3C2c2ccccc21. The summed E-state index contributed by atoms with van der Waals surface area (Å²) in [6, 6.07) is 24.7. The van der Waals surface area contributed by atoms with Crippen molar-refractivity contribution in [3.05, 3.63) is 109 Å². The standard InChI is InChI=1S/C22H14Br2/c23-20(24)12-13-9-10-18-19(11-13)22-16-7-3-1-5-14(16)21(18)15-6-2-4-8-17(15)22/h1-12,21-22H. The molecule has 0 atom stereocenters. The van der Waals surface area contributed by atoms with Crippen molar-refractivity contribution in [2.75, 3.05) is 0 Å². The lowest BCUT2D eigenvalue weighted by molar-refractivity contribution is 0.754. The summed E-state index contributed by atoms with van der Waals surface area (Å²) < 4.78 is 0.969. The van der Waals surface area contributed by atoms with Crippen LogP contribution in [0.4, 0.5) is 0 Å². The van der Waals surface area contributed by atoms with E-state index in [0.29, 0.717) is 11.8 Å². The molecule has 3 aromatic carbocycles. The maximum Gasteiger partial charge on any atom is 0.0610 e. The van der Waals surface area contributed by atoms with Crippen LogP contribution in [0, 0.1) is 0 Å². The van der Waals surface area contributed by atoms with Gasteiger partial charge in [0.15, 0.2) is 0 Å². The van der Waals surface area contributed by atoms with Crippen LogP contribution in [0.25, 0.3) is 6.08 Å². The molecule has 0 saturated heterocycles. The van der Waals surface area contributed by atoms with Gasteiger partial charge in [-0.2, -0.15) is 0 Å². The predicted molar refractivity (Wildman–Crippen MR) is 107 cm³/mol. The molecule has 3 aromatic rings. The maximum atomic E-state index is 3.48. The van der Waals surface area contributed by atoms with E-state index in [1.165, 1.54) is 38.9 Å². The first-order valence-electron chi connectivity index (χ1n) is 8.08. The average molecular weight is 438 g/mol. The van der Waals surface area contributed by atoms with E-state index in [0.717, 1.165) is 3.39 Å². The molecule has 0 radical (unpaired) electrons. The van der Waals surface area contributed by atoms with Crippen LogP contribution in [-0.4, -0.2) is 0 Å². The number of rotatable bonds is 1. The van der Waals surface area contributed by atoms with Gasteiger partial charge in [-0.25, -0.2) is 0 Å². The third kappa shape index (κ3) is 2.03. The summed E-state index contributed by atoms with van der Waals surface area (Å²) in [5.41, 5.74) is 10.0. The van der Waals surface area contributed by atoms with E-state index in [9.17, 15) is 0 Å². The minimum atomic E-state index is 0.347. The Morgan fingerprint density at radius 2 is 1.08 bits per heavy atom. The number of hydrogen-bond donors (Lipinski definition) is 0. The third-order valence-electron chi connectivity index (χ3n) is 5.24. The quantitative estimate of drug-likeness (QED) is 0.271. The minimum Gasteiger partial charge on any atom is -0.0619 e. The summed E-state index contributed by atoms with van der Waals surface area (Å²) in [4.78, 5) is 0. The Labute approximate surface area is 158 Å². The zero-order valence-corrected chi connectivity index (χ0v) is 16.0. The topological polar surface area (TPSA) is 0 Å². The van der Waals surface area contributed by atoms with Crippen molar-refractivity contribution in [2.45, 2.75) is 11.8 Å². The Hall–Kier alpha value is -1.64. The fourth-order valence-electron chi connectivity index (χ4n) is 4.40. The van der Waals surface area contributed by atoms with Crippen molar-refractivity contribution in [3.8, 4) is 0 Å². The fraction of sp³-hybridized carbons (Fsp3) is 0.0909. The highest BCUT2D eigenvalue weighted by molar-refractivity contribution is 9.28. The zero-order chi connectivity index (χ0) is 16.3. The second-order valence-corrected chi connectivity index (χ2v) is 9.22. The van der Waals surface area contributed by atoms with E-state index in [1.807, 2.05) is 0 Å². The molecule has 2 heteroatoms. The number of hydrogen-bond acceptors (Lipinski definition) is 0. The molecule has 0 fully saturated rings. The van der Waals surface area contributed by atoms with Crippen LogP contribution in [-0.2, 0) is 0 Å². The van der Waals surface area contributed by atoms with Gasteiger partial charge in [0.05, 0.1) is 3.39 Å². The second kappa shape index (κ2) is 5.44. The van der Waals surface area contributed by atoms with Gasteiger partial charge in [0.2, 0.25) is 0 Å². The van der Waals surface area contributed by atoms with Crippen LogP contribution in [0.15, 0.2) is 70.1 Å². The smallest absolute Gasteiger partial charge is 0.0610 e. The molecular weight excluding hydrogens is 424 g/mol. The Morgan fingerprint density at radius 1 is 0.625 bits per heavy atom. The molecule has 0 spiro atoms. The minimum absolute atomic E-state index is 0.347. The lowest BCUT2D eigenvalue weighted by atomic mass is 9.61. The molecule has 0 N–H and O–H groups in total. The predicted octanol–water partition coefficient (Wildman–Crippen LogP) is 6.76. The molecule has 0 amide bonds. The Bertz CT molecular complexity index is 949. The van der Waals surface area contributed by atoms with E-state index < -0.39 is 0 Å². The molecule has 0 aromatic heterocycles. The van der Waals surface area contributed by atoms with Crippen molar-refractivity contribution in [2.24, 2.45) is 0 Å². The number of benzene rings is 3. The summed E-state index contributed by atoms with van der Waals surface area (Å²) in [6.07, 6.45) is 2.11. The van der Waals surface area contributed by atoms with Crippen LogP contribution in [0.3, 0.4) is 0 Å². The van der Waals surface area contributed by atoms with Gasteiger partial charge in [-0.1, -0.05) is 66.7 Å². The summed E-state index contributed by atoms with van der Waals surface area (Å²) in [6.45, 7) is 0. The summed E-state index contributed by atoms with van der Waals surface area (Å²) in [5.74, 6) is 0.711. The first-order chi connectivity index (χ1) is 11.7. The van der Waals surface area contributed by atoms with Crippen molar-refractivity contribution >= 4 is 37.9 Å². The van der Waals surface area contributed by atoms with E-state index in [1.54, 1.807) is 0 Å². The van der Waals surface area contributed by atoms with E-state index in [-0.39, 0.29) is 0 Å². The molecule has 0 heterocycles. The van der Waals surface area contributed by atoms with Gasteiger partial charge in [-0.15, -0.1) is 0 Å². The molecule has 24 heavy (non-hydrogen) atoms. The average Bonchev–Trinajstić information content (AvgIpc) is 2.60. The van der Waals surface area contributed by atoms with Crippen LogP contribution in [0.5, 0.6) is 0 Å². The summed E-state index contributed by atoms with van der Waals surface area (Å²) in [7, 11) is 0. The number of halogens is 2. The maximum absolute atomic E-state index is 3.48. The van der Waals surface area contributed by atoms with Gasteiger partial charge >= 0.3 is 0 Å². The highest BCUT2D eigenvalue weighted by Crippen LogP contribution is 2.55. The molecule has 2 bridgehead atoms. The van der Waals surface area contributed by atoms with Gasteiger partial charge in [0, 0.05) is 11.8 Å². The lowest BCUT2D eigenvalue weighted by Crippen LogP contribution is -2.27. The normalized spacial score (nSPS) is 19.2. The van der Waals surface area contributed by atoms with Crippen molar-refractivity contribution in [1.82, 2.24) is 0 Å². The molecule has 6 rings (SSSR count). The first-order valence-corrected chi connectivity index (χ1v) is 9.67. The Morgan fingerprint density at radius 3 is 1.58 bits per heavy atom. The summed E-state index contributed by atoms with van der Waals surface area (Å²) >= 11 is 6.95. The molecule has 3 aliphatic rings. The highest BCUT2D eigenvalue weighted by Gasteiger charge is 2.40. The van der Waals surface area contributed by atoms with Gasteiger partial charge < -0.3 is 0 Å². The molecule has 116 valence electrons. The Balaban J connectivity index is 1.81. The monoisotopic (exact) mass is 436 g/mol. The van der Waals surface area contributed by atoms with E-state index >= 15 is 0 Å². The van der Waals surface area contributed by atoms with E-state index in [4.69, 9.17) is 0 Å². The van der Waals surface area contributed by atoms with Crippen molar-refractivity contribution in [3.63, 3.8) is 0 Å². The lowest BCUT2D eigenvalue weighted by Gasteiger charge is -2.42. The fourth-order valence-corrected chi connectivity index (χ4v) is 4.93.